The van der Waals surface area contributed by atoms with E-state index in [2.05, 4.69) is 15.5 Å². The highest BCUT2D eigenvalue weighted by Crippen LogP contribution is 2.19. The highest BCUT2D eigenvalue weighted by molar-refractivity contribution is 5.90. The van der Waals surface area contributed by atoms with Crippen molar-refractivity contribution in [2.75, 3.05) is 5.32 Å². The van der Waals surface area contributed by atoms with Gasteiger partial charge in [-0.3, -0.25) is 4.79 Å². The lowest BCUT2D eigenvalue weighted by Crippen LogP contribution is -2.13. The molecule has 0 aliphatic carbocycles. The molecule has 3 rings (SSSR count). The van der Waals surface area contributed by atoms with E-state index in [4.69, 9.17) is 4.42 Å². The van der Waals surface area contributed by atoms with E-state index in [-0.39, 0.29) is 36.1 Å². The molecule has 8 heteroatoms. The summed E-state index contributed by atoms with van der Waals surface area (Å²) in [6.07, 6.45) is 0.116. The van der Waals surface area contributed by atoms with Gasteiger partial charge in [0.2, 0.25) is 17.7 Å². The Morgan fingerprint density at radius 3 is 2.44 bits per heavy atom. The van der Waals surface area contributed by atoms with Crippen LogP contribution in [-0.2, 0) is 11.2 Å². The van der Waals surface area contributed by atoms with Crippen LogP contribution in [0, 0.1) is 17.5 Å². The Bertz CT molecular complexity index is 894. The topological polar surface area (TPSA) is 68.0 Å². The first-order valence-electron chi connectivity index (χ1n) is 7.34. The van der Waals surface area contributed by atoms with E-state index in [1.54, 1.807) is 0 Å². The lowest BCUT2D eigenvalue weighted by atomic mass is 10.2. The maximum atomic E-state index is 13.5. The highest BCUT2D eigenvalue weighted by Gasteiger charge is 2.12. The van der Waals surface area contributed by atoms with Crippen molar-refractivity contribution in [2.24, 2.45) is 0 Å². The summed E-state index contributed by atoms with van der Waals surface area (Å²) in [6, 6.07) is 8.40. The van der Waals surface area contributed by atoms with E-state index in [0.717, 1.165) is 12.1 Å². The number of nitrogens with one attached hydrogen (secondary N) is 1. The second-order valence-electron chi connectivity index (χ2n) is 5.18. The minimum atomic E-state index is -0.857. The van der Waals surface area contributed by atoms with Gasteiger partial charge in [-0.1, -0.05) is 0 Å². The third-order valence-corrected chi connectivity index (χ3v) is 3.33. The van der Waals surface area contributed by atoms with Crippen LogP contribution in [0.25, 0.3) is 11.5 Å². The van der Waals surface area contributed by atoms with Gasteiger partial charge in [0.1, 0.15) is 17.5 Å². The number of halogens is 3. The highest BCUT2D eigenvalue weighted by atomic mass is 19.1. The van der Waals surface area contributed by atoms with Gasteiger partial charge in [0.15, 0.2) is 0 Å². The van der Waals surface area contributed by atoms with E-state index < -0.39 is 17.5 Å². The summed E-state index contributed by atoms with van der Waals surface area (Å²) in [7, 11) is 0. The van der Waals surface area contributed by atoms with Gasteiger partial charge in [0.05, 0.1) is 5.69 Å². The van der Waals surface area contributed by atoms with Crippen molar-refractivity contribution in [3.8, 4) is 11.5 Å². The van der Waals surface area contributed by atoms with Crippen molar-refractivity contribution in [2.45, 2.75) is 12.8 Å². The predicted molar refractivity (Wildman–Crippen MR) is 83.0 cm³/mol. The van der Waals surface area contributed by atoms with Gasteiger partial charge >= 0.3 is 0 Å². The fraction of sp³-hybridized carbons (Fsp3) is 0.118. The molecule has 1 amide bonds. The molecule has 25 heavy (non-hydrogen) atoms. The van der Waals surface area contributed by atoms with Crippen molar-refractivity contribution in [1.82, 2.24) is 10.2 Å². The zero-order valence-corrected chi connectivity index (χ0v) is 12.8. The van der Waals surface area contributed by atoms with E-state index in [9.17, 15) is 18.0 Å². The number of hydrogen-bond acceptors (Lipinski definition) is 4. The van der Waals surface area contributed by atoms with Gasteiger partial charge in [-0.25, -0.2) is 13.2 Å². The summed E-state index contributed by atoms with van der Waals surface area (Å²) < 4.78 is 44.6. The Balaban J connectivity index is 1.58. The molecule has 1 aromatic heterocycles. The first-order chi connectivity index (χ1) is 12.0. The third-order valence-electron chi connectivity index (χ3n) is 3.33. The lowest BCUT2D eigenvalue weighted by Gasteiger charge is -2.05. The molecule has 0 aliphatic heterocycles. The predicted octanol–water partition coefficient (Wildman–Crippen LogP) is 3.73. The maximum Gasteiger partial charge on any atom is 0.247 e. The summed E-state index contributed by atoms with van der Waals surface area (Å²) in [5.74, 6) is -2.02. The van der Waals surface area contributed by atoms with Gasteiger partial charge < -0.3 is 9.73 Å². The number of aromatic nitrogens is 2. The Kier molecular flexibility index (Phi) is 4.78. The summed E-state index contributed by atoms with van der Waals surface area (Å²) in [5.41, 5.74) is 0.446. The zero-order chi connectivity index (χ0) is 17.8. The summed E-state index contributed by atoms with van der Waals surface area (Å²) in [6.45, 7) is 0. The Hall–Kier alpha value is -3.16. The monoisotopic (exact) mass is 347 g/mol. The van der Waals surface area contributed by atoms with Gasteiger partial charge in [-0.2, -0.15) is 0 Å². The maximum absolute atomic E-state index is 13.5. The van der Waals surface area contributed by atoms with Crippen LogP contribution in [0.2, 0.25) is 0 Å². The summed E-state index contributed by atoms with van der Waals surface area (Å²) in [5, 5.41) is 9.98. The number of carbonyl (C=O) groups is 1. The van der Waals surface area contributed by atoms with Crippen molar-refractivity contribution in [3.63, 3.8) is 0 Å². The molecule has 0 fully saturated rings. The second kappa shape index (κ2) is 7.16. The van der Waals surface area contributed by atoms with E-state index in [1.807, 2.05) is 0 Å². The molecule has 128 valence electrons. The number of rotatable bonds is 5. The average molecular weight is 347 g/mol. The van der Waals surface area contributed by atoms with Gasteiger partial charge in [-0.15, -0.1) is 10.2 Å². The largest absolute Gasteiger partial charge is 0.421 e. The first-order valence-corrected chi connectivity index (χ1v) is 7.34. The molecule has 0 bridgehead atoms. The number of benzene rings is 2. The molecule has 0 unspecified atom stereocenters. The van der Waals surface area contributed by atoms with Crippen LogP contribution in [0.3, 0.4) is 0 Å². The Morgan fingerprint density at radius 1 is 1.00 bits per heavy atom. The van der Waals surface area contributed by atoms with Gasteiger partial charge in [0.25, 0.3) is 0 Å². The van der Waals surface area contributed by atoms with Crippen LogP contribution < -0.4 is 5.32 Å². The SMILES string of the molecule is O=C(CCc1nnc(-c2ccc(F)cc2)o1)Nc1ccc(F)cc1F. The van der Waals surface area contributed by atoms with Crippen molar-refractivity contribution < 1.29 is 22.4 Å². The van der Waals surface area contributed by atoms with Crippen LogP contribution in [0.1, 0.15) is 12.3 Å². The fourth-order valence-corrected chi connectivity index (χ4v) is 2.09. The van der Waals surface area contributed by atoms with Crippen molar-refractivity contribution >= 4 is 11.6 Å². The van der Waals surface area contributed by atoms with E-state index in [1.165, 1.54) is 24.3 Å². The molecule has 0 saturated heterocycles. The Labute approximate surface area is 140 Å². The van der Waals surface area contributed by atoms with Crippen LogP contribution in [0.5, 0.6) is 0 Å². The molecular weight excluding hydrogens is 335 g/mol. The molecule has 0 saturated carbocycles. The van der Waals surface area contributed by atoms with E-state index >= 15 is 0 Å². The summed E-state index contributed by atoms with van der Waals surface area (Å²) >= 11 is 0. The van der Waals surface area contributed by atoms with Gasteiger partial charge in [-0.05, 0) is 36.4 Å². The molecule has 0 atom stereocenters. The number of amides is 1. The minimum absolute atomic E-state index is 0.0259. The van der Waals surface area contributed by atoms with Crippen LogP contribution >= 0.6 is 0 Å². The quantitative estimate of drug-likeness (QED) is 0.764. The average Bonchev–Trinajstić information content (AvgIpc) is 3.05. The molecule has 5 nitrogen and oxygen atoms in total. The summed E-state index contributed by atoms with van der Waals surface area (Å²) in [4.78, 5) is 11.8. The molecule has 0 aliphatic rings. The van der Waals surface area contributed by atoms with Crippen LogP contribution in [0.4, 0.5) is 18.9 Å². The first kappa shape index (κ1) is 16.7. The van der Waals surface area contributed by atoms with Crippen LogP contribution in [0.15, 0.2) is 46.9 Å². The van der Waals surface area contributed by atoms with E-state index in [0.29, 0.717) is 11.6 Å². The standard InChI is InChI=1S/C17H12F3N3O2/c18-11-3-1-10(2-4-11)17-23-22-16(25-17)8-7-15(24)21-14-6-5-12(19)9-13(14)20/h1-6,9H,7-8H2,(H,21,24). The van der Waals surface area contributed by atoms with Crippen molar-refractivity contribution in [3.05, 3.63) is 65.8 Å². The number of anilines is 1. The number of aryl methyl sites for hydroxylation is 1. The van der Waals surface area contributed by atoms with Gasteiger partial charge in [0, 0.05) is 24.5 Å². The molecular formula is C17H12F3N3O2. The third kappa shape index (κ3) is 4.23. The molecule has 2 aromatic carbocycles. The zero-order valence-electron chi connectivity index (χ0n) is 12.8. The number of carbonyl (C=O) groups excluding carboxylic acids is 1. The molecule has 1 N–H and O–H groups in total. The molecule has 0 spiro atoms. The smallest absolute Gasteiger partial charge is 0.247 e. The minimum Gasteiger partial charge on any atom is -0.421 e. The van der Waals surface area contributed by atoms with Crippen LogP contribution in [-0.4, -0.2) is 16.1 Å². The fourth-order valence-electron chi connectivity index (χ4n) is 2.09. The molecule has 3 aromatic rings. The number of hydrogen-bond donors (Lipinski definition) is 1. The Morgan fingerprint density at radius 2 is 1.72 bits per heavy atom. The number of nitrogens with zero attached hydrogens (tertiary/aromatic N) is 2. The normalized spacial score (nSPS) is 10.7. The molecule has 1 heterocycles. The van der Waals surface area contributed by atoms with Crippen molar-refractivity contribution in [1.29, 1.82) is 0 Å². The second-order valence-corrected chi connectivity index (χ2v) is 5.18. The lowest BCUT2D eigenvalue weighted by molar-refractivity contribution is -0.116. The molecule has 0 radical (unpaired) electrons.